The number of hydrogen-bond acceptors (Lipinski definition) is 6. The van der Waals surface area contributed by atoms with Crippen LogP contribution in [0.4, 0.5) is 14.5 Å². The minimum atomic E-state index is -1.45. The average molecular weight is 671 g/mol. The van der Waals surface area contributed by atoms with Crippen molar-refractivity contribution < 1.29 is 26.9 Å². The molecule has 12 heteroatoms. The second kappa shape index (κ2) is 13.1. The molecule has 0 saturated heterocycles. The molecule has 0 fully saturated rings. The number of fused-ring (bicyclic) bond motifs is 2. The molecule has 48 heavy (non-hydrogen) atoms. The third-order valence-corrected chi connectivity index (χ3v) is 9.34. The van der Waals surface area contributed by atoms with Gasteiger partial charge in [-0.25, -0.2) is 18.0 Å². The molecule has 6 rings (SSSR count). The topological polar surface area (TPSA) is 107 Å². The average Bonchev–Trinajstić information content (AvgIpc) is 3.45. The second-order valence-corrected chi connectivity index (χ2v) is 12.7. The van der Waals surface area contributed by atoms with Gasteiger partial charge in [-0.1, -0.05) is 18.2 Å². The van der Waals surface area contributed by atoms with Crippen molar-refractivity contribution >= 4 is 44.5 Å². The molecule has 2 atom stereocenters. The van der Waals surface area contributed by atoms with Crippen molar-refractivity contribution in [1.82, 2.24) is 14.9 Å². The van der Waals surface area contributed by atoms with Gasteiger partial charge in [0.05, 0.1) is 34.8 Å². The van der Waals surface area contributed by atoms with Crippen molar-refractivity contribution in [2.24, 2.45) is 0 Å². The summed E-state index contributed by atoms with van der Waals surface area (Å²) in [4.78, 5) is 32.2. The van der Waals surface area contributed by atoms with Crippen LogP contribution in [0, 0.1) is 18.6 Å². The van der Waals surface area contributed by atoms with Gasteiger partial charge in [-0.05, 0) is 72.6 Å². The highest BCUT2D eigenvalue weighted by atomic mass is 32.2. The van der Waals surface area contributed by atoms with Crippen LogP contribution in [0.5, 0.6) is 0 Å². The number of halogens is 2. The Balaban J connectivity index is 1.60. The summed E-state index contributed by atoms with van der Waals surface area (Å²) in [7, 11) is 3.25. The van der Waals surface area contributed by atoms with E-state index in [0.29, 0.717) is 55.6 Å². The molecular weight excluding hydrogens is 638 g/mol. The Morgan fingerprint density at radius 1 is 1.00 bits per heavy atom. The molecule has 2 aromatic heterocycles. The molecule has 0 aliphatic heterocycles. The zero-order chi connectivity index (χ0) is 34.3. The molecule has 1 unspecified atom stereocenters. The lowest BCUT2D eigenvalue weighted by molar-refractivity contribution is 0.0964. The Morgan fingerprint density at radius 2 is 1.65 bits per heavy atom. The number of hydrogen-bond donors (Lipinski definition) is 1. The fourth-order valence-corrected chi connectivity index (χ4v) is 6.35. The van der Waals surface area contributed by atoms with Crippen molar-refractivity contribution in [1.29, 1.82) is 0 Å². The van der Waals surface area contributed by atoms with Gasteiger partial charge in [-0.15, -0.1) is 0 Å². The fourth-order valence-electron chi connectivity index (χ4n) is 5.92. The van der Waals surface area contributed by atoms with E-state index in [4.69, 9.17) is 14.1 Å². The van der Waals surface area contributed by atoms with Gasteiger partial charge in [-0.2, -0.15) is 0 Å². The lowest BCUT2D eigenvalue weighted by Gasteiger charge is -2.23. The van der Waals surface area contributed by atoms with Crippen LogP contribution in [0.3, 0.4) is 0 Å². The highest BCUT2D eigenvalue weighted by Crippen LogP contribution is 2.41. The normalized spacial score (nSPS) is 12.7. The van der Waals surface area contributed by atoms with Gasteiger partial charge in [-0.3, -0.25) is 18.5 Å². The third-order valence-electron chi connectivity index (χ3n) is 8.37. The summed E-state index contributed by atoms with van der Waals surface area (Å²) in [6, 6.07) is 19.7. The molecule has 4 aromatic carbocycles. The number of methoxy groups -OCH3 is 1. The molecule has 1 amide bonds. The molecule has 1 N–H and O–H groups in total. The number of nitrogens with one attached hydrogen (secondary N) is 1. The minimum absolute atomic E-state index is 0.145. The van der Waals surface area contributed by atoms with E-state index >= 15 is 0 Å². The van der Waals surface area contributed by atoms with Gasteiger partial charge < -0.3 is 14.5 Å². The van der Waals surface area contributed by atoms with Crippen molar-refractivity contribution in [2.75, 3.05) is 38.4 Å². The molecule has 0 bridgehead atoms. The molecule has 6 aromatic rings. The van der Waals surface area contributed by atoms with Gasteiger partial charge in [0.2, 0.25) is 0 Å². The van der Waals surface area contributed by atoms with Gasteiger partial charge in [0.1, 0.15) is 39.8 Å². The van der Waals surface area contributed by atoms with Gasteiger partial charge in [0, 0.05) is 50.0 Å². The molecule has 9 nitrogen and oxygen atoms in total. The summed E-state index contributed by atoms with van der Waals surface area (Å²) in [5, 5.41) is 3.45. The minimum Gasteiger partial charge on any atom is -0.455 e. The third kappa shape index (κ3) is 5.88. The lowest BCUT2D eigenvalue weighted by Crippen LogP contribution is -2.31. The first-order valence-electron chi connectivity index (χ1n) is 15.0. The van der Waals surface area contributed by atoms with E-state index in [2.05, 4.69) is 5.32 Å². The summed E-state index contributed by atoms with van der Waals surface area (Å²) in [5.41, 5.74) is 3.63. The van der Waals surface area contributed by atoms with Crippen molar-refractivity contribution in [3.8, 4) is 22.5 Å². The molecular formula is C36H32F2N4O5S. The predicted octanol–water partition coefficient (Wildman–Crippen LogP) is 6.39. The van der Waals surface area contributed by atoms with Crippen molar-refractivity contribution in [2.45, 2.75) is 13.0 Å². The first kappa shape index (κ1) is 32.7. The number of benzene rings is 4. The van der Waals surface area contributed by atoms with Crippen LogP contribution in [0.1, 0.15) is 27.8 Å². The van der Waals surface area contributed by atoms with E-state index in [9.17, 15) is 22.6 Å². The number of aromatic nitrogens is 2. The number of carbonyl (C=O) groups excluding carboxylic acids is 1. The summed E-state index contributed by atoms with van der Waals surface area (Å²) in [6.07, 6.45) is 1.53. The Morgan fingerprint density at radius 3 is 2.27 bits per heavy atom. The molecule has 0 radical (unpaired) electrons. The quantitative estimate of drug-likeness (QED) is 0.191. The van der Waals surface area contributed by atoms with Crippen LogP contribution in [0.25, 0.3) is 44.3 Å². The standard InChI is InChI=1S/C36H32F2N4O5S/c1-20-40-29-15-10-23(16-27(29)36(44)42(20)31(19-46-4)21-6-11-24(37)12-7-21)26-17-28-32(18-30(26)41(3)48(5)45)47-34(33(28)35(43)39-2)22-8-13-25(38)14-9-22/h6-18,31H,19H2,1-5H3,(H,39,43)/t31-,48?/m1/s1. The summed E-state index contributed by atoms with van der Waals surface area (Å²) < 4.78 is 55.1. The van der Waals surface area contributed by atoms with E-state index in [1.165, 1.54) is 61.4 Å². The van der Waals surface area contributed by atoms with Crippen LogP contribution < -0.4 is 15.2 Å². The Hall–Kier alpha value is -5.20. The lowest BCUT2D eigenvalue weighted by atomic mass is 9.97. The zero-order valence-corrected chi connectivity index (χ0v) is 27.7. The van der Waals surface area contributed by atoms with Gasteiger partial charge in [0.25, 0.3) is 11.5 Å². The Kier molecular flexibility index (Phi) is 8.95. The van der Waals surface area contributed by atoms with E-state index in [-0.39, 0.29) is 23.5 Å². The highest BCUT2D eigenvalue weighted by Gasteiger charge is 2.26. The monoisotopic (exact) mass is 670 g/mol. The molecule has 0 aliphatic rings. The van der Waals surface area contributed by atoms with Crippen LogP contribution >= 0.6 is 0 Å². The van der Waals surface area contributed by atoms with Crippen LogP contribution in [-0.4, -0.2) is 53.7 Å². The number of anilines is 1. The number of ether oxygens (including phenoxy) is 1. The fraction of sp³-hybridized carbons (Fsp3) is 0.194. The van der Waals surface area contributed by atoms with E-state index in [1.54, 1.807) is 54.7 Å². The SMILES string of the molecule is CNC(=O)c1c(-c2ccc(F)cc2)oc2cc(N(C)S(C)=O)c(-c3ccc4nc(C)n([C@H](COC)c5ccc(F)cc5)c(=O)c4c3)cc12. The largest absolute Gasteiger partial charge is 0.455 e. The van der Waals surface area contributed by atoms with Crippen LogP contribution in [0.2, 0.25) is 0 Å². The highest BCUT2D eigenvalue weighted by molar-refractivity contribution is 7.85. The summed E-state index contributed by atoms with van der Waals surface area (Å²) in [6.45, 7) is 1.88. The molecule has 0 spiro atoms. The van der Waals surface area contributed by atoms with E-state index in [0.717, 1.165) is 0 Å². The number of nitrogens with zero attached hydrogens (tertiary/aromatic N) is 3. The van der Waals surface area contributed by atoms with Gasteiger partial charge in [0.15, 0.2) is 0 Å². The van der Waals surface area contributed by atoms with Crippen molar-refractivity contribution in [3.63, 3.8) is 0 Å². The molecule has 0 aliphatic carbocycles. The number of amides is 1. The summed E-state index contributed by atoms with van der Waals surface area (Å²) >= 11 is 0. The van der Waals surface area contributed by atoms with Crippen LogP contribution in [-0.2, 0) is 15.7 Å². The van der Waals surface area contributed by atoms with Crippen molar-refractivity contribution in [3.05, 3.63) is 118 Å². The summed E-state index contributed by atoms with van der Waals surface area (Å²) in [5.74, 6) is -0.534. The number of rotatable bonds is 9. The maximum Gasteiger partial charge on any atom is 0.262 e. The number of furan rings is 1. The maximum absolute atomic E-state index is 14.2. The zero-order valence-electron chi connectivity index (χ0n) is 26.8. The smallest absolute Gasteiger partial charge is 0.262 e. The molecule has 2 heterocycles. The van der Waals surface area contributed by atoms with Crippen LogP contribution in [0.15, 0.2) is 88.1 Å². The number of aryl methyl sites for hydroxylation is 1. The maximum atomic E-state index is 14.2. The first-order valence-corrected chi connectivity index (χ1v) is 16.5. The Bertz CT molecular complexity index is 2270. The van der Waals surface area contributed by atoms with E-state index < -0.39 is 34.6 Å². The Labute approximate surface area is 277 Å². The predicted molar refractivity (Wildman–Crippen MR) is 184 cm³/mol. The second-order valence-electron chi connectivity index (χ2n) is 11.3. The van der Waals surface area contributed by atoms with Gasteiger partial charge >= 0.3 is 0 Å². The number of carbonyl (C=O) groups is 1. The molecule has 246 valence electrons. The van der Waals surface area contributed by atoms with E-state index in [1.807, 2.05) is 6.07 Å². The first-order chi connectivity index (χ1) is 23.0. The molecule has 0 saturated carbocycles.